The van der Waals surface area contributed by atoms with E-state index in [-0.39, 0.29) is 67.9 Å². The predicted molar refractivity (Wildman–Crippen MR) is 27.8 cm³/mol. The Morgan fingerprint density at radius 3 is 1.25 bits per heavy atom. The molecule has 6 nitrogen and oxygen atoms in total. The van der Waals surface area contributed by atoms with E-state index in [2.05, 4.69) is 0 Å². The molecule has 0 heterocycles. The Balaban J connectivity index is -0.000000405. The van der Waals surface area contributed by atoms with Gasteiger partial charge in [0.2, 0.25) is 0 Å². The Kier molecular flexibility index (Phi) is 13.6. The molecule has 0 radical (unpaired) electrons. The first-order valence-electron chi connectivity index (χ1n) is 2.24. The van der Waals surface area contributed by atoms with Gasteiger partial charge in [0.1, 0.15) is 12.2 Å². The minimum Gasteiger partial charge on any atom is -0.547 e. The minimum absolute atomic E-state index is 0. The molecule has 0 rings (SSSR count). The number of carboxylic acids is 2. The second-order valence-electron chi connectivity index (χ2n) is 1.53. The zero-order valence-electron chi connectivity index (χ0n) is 5.69. The first-order valence-corrected chi connectivity index (χ1v) is 2.24. The van der Waals surface area contributed by atoms with Crippen LogP contribution in [-0.4, -0.2) is 79.8 Å². The summed E-state index contributed by atoms with van der Waals surface area (Å²) in [7, 11) is 0. The van der Waals surface area contributed by atoms with Gasteiger partial charge in [-0.3, -0.25) is 0 Å². The van der Waals surface area contributed by atoms with Crippen molar-refractivity contribution < 1.29 is 52.4 Å². The second kappa shape index (κ2) is 8.67. The molecular formula is C4H4AgO6Sr+. The van der Waals surface area contributed by atoms with Crippen LogP contribution in [0.2, 0.25) is 0 Å². The van der Waals surface area contributed by atoms with Crippen molar-refractivity contribution in [2.45, 2.75) is 12.2 Å². The Morgan fingerprint density at radius 1 is 1.00 bits per heavy atom. The van der Waals surface area contributed by atoms with Gasteiger partial charge in [-0.25, -0.2) is 0 Å². The van der Waals surface area contributed by atoms with Crippen LogP contribution in [0.1, 0.15) is 0 Å². The molecule has 0 spiro atoms. The number of carbonyl (C=O) groups excluding carboxylic acids is 2. The molecule has 0 saturated carbocycles. The molecular weight excluding hydrogens is 340 g/mol. The van der Waals surface area contributed by atoms with Crippen molar-refractivity contribution in [1.82, 2.24) is 0 Å². The molecule has 0 aromatic carbocycles. The zero-order chi connectivity index (χ0) is 8.31. The van der Waals surface area contributed by atoms with Crippen molar-refractivity contribution in [2.75, 3.05) is 0 Å². The number of carboxylic acid groups (broad SMARTS) is 2. The van der Waals surface area contributed by atoms with Crippen molar-refractivity contribution in [3.63, 3.8) is 0 Å². The van der Waals surface area contributed by atoms with E-state index in [1.54, 1.807) is 0 Å². The molecule has 0 aliphatic carbocycles. The van der Waals surface area contributed by atoms with Gasteiger partial charge in [-0.1, -0.05) is 0 Å². The number of aliphatic hydroxyl groups is 2. The van der Waals surface area contributed by atoms with E-state index in [9.17, 15) is 19.8 Å². The van der Waals surface area contributed by atoms with Gasteiger partial charge in [-0.2, -0.15) is 0 Å². The van der Waals surface area contributed by atoms with Crippen LogP contribution in [0, 0.1) is 0 Å². The maximum atomic E-state index is 9.63. The van der Waals surface area contributed by atoms with E-state index in [1.807, 2.05) is 0 Å². The monoisotopic (exact) mass is 343 g/mol. The van der Waals surface area contributed by atoms with Crippen LogP contribution < -0.4 is 10.2 Å². The summed E-state index contributed by atoms with van der Waals surface area (Å²) in [5.74, 6) is -4.12. The van der Waals surface area contributed by atoms with Gasteiger partial charge in [0.05, 0.1) is 11.9 Å². The largest absolute Gasteiger partial charge is 2.00 e. The second-order valence-corrected chi connectivity index (χ2v) is 1.53. The molecule has 2 unspecified atom stereocenters. The third kappa shape index (κ3) is 6.58. The first kappa shape index (κ1) is 18.8. The molecule has 12 heavy (non-hydrogen) atoms. The van der Waals surface area contributed by atoms with Gasteiger partial charge in [-0.15, -0.1) is 0 Å². The molecule has 0 aliphatic rings. The summed E-state index contributed by atoms with van der Waals surface area (Å²) in [5, 5.41) is 35.7. The summed E-state index contributed by atoms with van der Waals surface area (Å²) in [6.07, 6.45) is -4.88. The van der Waals surface area contributed by atoms with E-state index in [0.29, 0.717) is 0 Å². The SMILES string of the molecule is O=C([O-])C(O)C(O)C(=O)[O-].[Ag+].[Sr+2]. The molecule has 0 aromatic heterocycles. The standard InChI is InChI=1S/C4H6O6.Ag.Sr/c5-1(3(7)8)2(6)4(9)10;;/h1-2,5-6H,(H,7,8)(H,9,10);;/q;+1;+2/p-2. The first-order chi connectivity index (χ1) is 4.46. The molecule has 2 N–H and O–H groups in total. The summed E-state index contributed by atoms with van der Waals surface area (Å²) in [6, 6.07) is 0. The Morgan fingerprint density at radius 2 is 1.17 bits per heavy atom. The summed E-state index contributed by atoms with van der Waals surface area (Å²) in [4.78, 5) is 19.3. The fraction of sp³-hybridized carbons (Fsp3) is 0.500. The number of hydrogen-bond acceptors (Lipinski definition) is 6. The van der Waals surface area contributed by atoms with Crippen molar-refractivity contribution >= 4 is 57.4 Å². The Hall–Kier alpha value is 1.08. The molecule has 8 heteroatoms. The molecule has 0 amide bonds. The van der Waals surface area contributed by atoms with Crippen LogP contribution in [0.5, 0.6) is 0 Å². The van der Waals surface area contributed by atoms with Crippen molar-refractivity contribution in [3.8, 4) is 0 Å². The summed E-state index contributed by atoms with van der Waals surface area (Å²) < 4.78 is 0. The number of hydrogen-bond donors (Lipinski definition) is 2. The fourth-order valence-corrected chi connectivity index (χ4v) is 0.258. The van der Waals surface area contributed by atoms with E-state index in [4.69, 9.17) is 10.2 Å². The van der Waals surface area contributed by atoms with Crippen LogP contribution >= 0.6 is 0 Å². The van der Waals surface area contributed by atoms with Gasteiger partial charge in [-0.05, 0) is 0 Å². The van der Waals surface area contributed by atoms with E-state index < -0.39 is 24.1 Å². The number of aliphatic hydroxyl groups excluding tert-OH is 2. The average molecular weight is 344 g/mol. The molecule has 0 saturated heterocycles. The van der Waals surface area contributed by atoms with Gasteiger partial charge < -0.3 is 30.0 Å². The molecule has 0 bridgehead atoms. The van der Waals surface area contributed by atoms with Crippen LogP contribution in [0.15, 0.2) is 0 Å². The van der Waals surface area contributed by atoms with Gasteiger partial charge >= 0.3 is 67.9 Å². The Bertz CT molecular complexity index is 144. The fourth-order valence-electron chi connectivity index (χ4n) is 0.258. The number of rotatable bonds is 3. The van der Waals surface area contributed by atoms with Gasteiger partial charge in [0.25, 0.3) is 0 Å². The van der Waals surface area contributed by atoms with Crippen molar-refractivity contribution in [2.24, 2.45) is 0 Å². The van der Waals surface area contributed by atoms with Crippen LogP contribution in [0.25, 0.3) is 0 Å². The summed E-state index contributed by atoms with van der Waals surface area (Å²) in [5.41, 5.74) is 0. The maximum Gasteiger partial charge on any atom is 2.00 e. The smallest absolute Gasteiger partial charge is 0.547 e. The van der Waals surface area contributed by atoms with Gasteiger partial charge in [0, 0.05) is 0 Å². The number of carbonyl (C=O) groups is 2. The van der Waals surface area contributed by atoms with Crippen molar-refractivity contribution in [1.29, 1.82) is 0 Å². The van der Waals surface area contributed by atoms with Crippen LogP contribution in [0.4, 0.5) is 0 Å². The quantitative estimate of drug-likeness (QED) is 0.494. The van der Waals surface area contributed by atoms with Crippen molar-refractivity contribution in [3.05, 3.63) is 0 Å². The predicted octanol–water partition coefficient (Wildman–Crippen LogP) is -5.18. The van der Waals surface area contributed by atoms with Crippen LogP contribution in [0.3, 0.4) is 0 Å². The topological polar surface area (TPSA) is 121 Å². The van der Waals surface area contributed by atoms with E-state index in [1.165, 1.54) is 0 Å². The third-order valence-corrected chi connectivity index (χ3v) is 0.782. The molecule has 68 valence electrons. The van der Waals surface area contributed by atoms with Gasteiger partial charge in [0.15, 0.2) is 0 Å². The number of aliphatic carboxylic acids is 2. The van der Waals surface area contributed by atoms with Crippen LogP contribution in [-0.2, 0) is 32.0 Å². The zero-order valence-corrected chi connectivity index (χ0v) is 10.6. The third-order valence-electron chi connectivity index (χ3n) is 0.782. The Labute approximate surface area is 120 Å². The minimum atomic E-state index is -2.44. The summed E-state index contributed by atoms with van der Waals surface area (Å²) in [6.45, 7) is 0. The normalized spacial score (nSPS) is 13.2. The maximum absolute atomic E-state index is 9.63. The average Bonchev–Trinajstić information content (AvgIpc) is 1.84. The van der Waals surface area contributed by atoms with E-state index >= 15 is 0 Å². The molecule has 0 aromatic rings. The molecule has 0 fully saturated rings. The summed E-state index contributed by atoms with van der Waals surface area (Å²) >= 11 is 0. The molecule has 0 aliphatic heterocycles. The van der Waals surface area contributed by atoms with E-state index in [0.717, 1.165) is 0 Å². The molecule has 2 atom stereocenters.